The molecule has 0 unspecified atom stereocenters. The third kappa shape index (κ3) is 4.74. The number of rotatable bonds is 8. The minimum absolute atomic E-state index is 0.241. The molecule has 4 aromatic rings. The largest absolute Gasteiger partial charge is 0.267 e. The van der Waals surface area contributed by atoms with Gasteiger partial charge in [0, 0.05) is 22.5 Å². The van der Waals surface area contributed by atoms with Crippen LogP contribution in [0.1, 0.15) is 44.6 Å². The van der Waals surface area contributed by atoms with E-state index in [-0.39, 0.29) is 5.82 Å². The van der Waals surface area contributed by atoms with E-state index in [4.69, 9.17) is 0 Å². The normalized spacial score (nSPS) is 11.4. The highest BCUT2D eigenvalue weighted by molar-refractivity contribution is 9.10. The van der Waals surface area contributed by atoms with Gasteiger partial charge in [0.15, 0.2) is 0 Å². The Morgan fingerprint density at radius 3 is 2.52 bits per heavy atom. The molecule has 0 N–H and O–H groups in total. The van der Waals surface area contributed by atoms with Crippen molar-refractivity contribution in [1.82, 2.24) is 9.78 Å². The predicted molar refractivity (Wildman–Crippen MR) is 132 cm³/mol. The molecule has 0 spiro atoms. The van der Waals surface area contributed by atoms with Gasteiger partial charge in [0.1, 0.15) is 11.5 Å². The van der Waals surface area contributed by atoms with E-state index in [1.54, 1.807) is 10.7 Å². The second kappa shape index (κ2) is 9.78. The Morgan fingerprint density at radius 2 is 1.71 bits per heavy atom. The van der Waals surface area contributed by atoms with Crippen LogP contribution in [0.25, 0.3) is 33.3 Å². The Hall–Kier alpha value is -2.46. The summed E-state index contributed by atoms with van der Waals surface area (Å²) in [5, 5.41) is 5.54. The average molecular weight is 479 g/mol. The third-order valence-corrected chi connectivity index (χ3v) is 6.41. The van der Waals surface area contributed by atoms with Crippen LogP contribution < -0.4 is 0 Å². The van der Waals surface area contributed by atoms with Crippen molar-refractivity contribution in [3.63, 3.8) is 0 Å². The smallest absolute Gasteiger partial charge is 0.133 e. The number of halogens is 2. The lowest BCUT2D eigenvalue weighted by atomic mass is 9.94. The summed E-state index contributed by atoms with van der Waals surface area (Å²) in [5.74, 6) is -0.241. The van der Waals surface area contributed by atoms with Crippen molar-refractivity contribution in [1.29, 1.82) is 0 Å². The summed E-state index contributed by atoms with van der Waals surface area (Å²) in [6.45, 7) is 2.24. The number of hydrogen-bond acceptors (Lipinski definition) is 1. The molecule has 0 radical (unpaired) electrons. The molecule has 0 atom stereocenters. The average Bonchev–Trinajstić information content (AvgIpc) is 3.09. The summed E-state index contributed by atoms with van der Waals surface area (Å²) < 4.78 is 18.1. The number of aryl methyl sites for hydroxylation is 2. The first-order chi connectivity index (χ1) is 15.1. The first-order valence-electron chi connectivity index (χ1n) is 11.1. The molecule has 1 aromatic heterocycles. The third-order valence-electron chi connectivity index (χ3n) is 5.91. The van der Waals surface area contributed by atoms with Gasteiger partial charge in [0.2, 0.25) is 0 Å². The monoisotopic (exact) mass is 478 g/mol. The van der Waals surface area contributed by atoms with Crippen LogP contribution in [-0.4, -0.2) is 9.78 Å². The molecule has 0 saturated heterocycles. The van der Waals surface area contributed by atoms with Crippen molar-refractivity contribution >= 4 is 26.8 Å². The van der Waals surface area contributed by atoms with Gasteiger partial charge in [-0.15, -0.1) is 0 Å². The van der Waals surface area contributed by atoms with Crippen LogP contribution in [0.4, 0.5) is 4.39 Å². The van der Waals surface area contributed by atoms with Crippen LogP contribution in [-0.2, 0) is 13.5 Å². The zero-order valence-electron chi connectivity index (χ0n) is 18.2. The summed E-state index contributed by atoms with van der Waals surface area (Å²) in [6, 6.07) is 19.9. The van der Waals surface area contributed by atoms with Crippen molar-refractivity contribution in [2.24, 2.45) is 7.05 Å². The first-order valence-corrected chi connectivity index (χ1v) is 11.9. The Morgan fingerprint density at radius 1 is 0.903 bits per heavy atom. The SMILES string of the molecule is CCCCCCCc1ccccc1-c1ccc(-c2nn(C)c3ccc(Br)cc23)c(F)c1. The van der Waals surface area contributed by atoms with Crippen molar-refractivity contribution in [2.75, 3.05) is 0 Å². The van der Waals surface area contributed by atoms with E-state index < -0.39 is 0 Å². The Labute approximate surface area is 192 Å². The van der Waals surface area contributed by atoms with Crippen LogP contribution in [0.2, 0.25) is 0 Å². The van der Waals surface area contributed by atoms with E-state index in [2.05, 4.69) is 46.2 Å². The van der Waals surface area contributed by atoms with Gasteiger partial charge in [-0.1, -0.05) is 78.9 Å². The summed E-state index contributed by atoms with van der Waals surface area (Å²) in [7, 11) is 1.89. The van der Waals surface area contributed by atoms with E-state index in [0.29, 0.717) is 11.3 Å². The molecule has 160 valence electrons. The van der Waals surface area contributed by atoms with Crippen LogP contribution >= 0.6 is 15.9 Å². The van der Waals surface area contributed by atoms with Gasteiger partial charge in [-0.2, -0.15) is 5.10 Å². The minimum Gasteiger partial charge on any atom is -0.267 e. The van der Waals surface area contributed by atoms with Gasteiger partial charge >= 0.3 is 0 Å². The summed E-state index contributed by atoms with van der Waals surface area (Å²) in [5.41, 5.74) is 5.52. The lowest BCUT2D eigenvalue weighted by Crippen LogP contribution is -1.94. The van der Waals surface area contributed by atoms with E-state index in [0.717, 1.165) is 32.9 Å². The van der Waals surface area contributed by atoms with Crippen molar-refractivity contribution < 1.29 is 4.39 Å². The van der Waals surface area contributed by atoms with Crippen LogP contribution in [0, 0.1) is 5.82 Å². The van der Waals surface area contributed by atoms with Gasteiger partial charge in [0.05, 0.1) is 5.52 Å². The van der Waals surface area contributed by atoms with Gasteiger partial charge in [-0.05, 0) is 59.9 Å². The highest BCUT2D eigenvalue weighted by Gasteiger charge is 2.16. The molecule has 0 aliphatic heterocycles. The maximum atomic E-state index is 15.3. The van der Waals surface area contributed by atoms with Gasteiger partial charge in [-0.3, -0.25) is 4.68 Å². The van der Waals surface area contributed by atoms with E-state index in [1.807, 2.05) is 43.4 Å². The first kappa shape index (κ1) is 21.8. The fraction of sp³-hybridized carbons (Fsp3) is 0.296. The number of unbranched alkanes of at least 4 members (excludes halogenated alkanes) is 4. The molecule has 0 saturated carbocycles. The molecule has 31 heavy (non-hydrogen) atoms. The molecular weight excluding hydrogens is 451 g/mol. The van der Waals surface area contributed by atoms with Gasteiger partial charge in [0.25, 0.3) is 0 Å². The van der Waals surface area contributed by atoms with Crippen LogP contribution in [0.5, 0.6) is 0 Å². The van der Waals surface area contributed by atoms with Crippen molar-refractivity contribution in [2.45, 2.75) is 45.4 Å². The zero-order chi connectivity index (χ0) is 21.8. The second-order valence-electron chi connectivity index (χ2n) is 8.15. The highest BCUT2D eigenvalue weighted by Crippen LogP contribution is 2.34. The fourth-order valence-electron chi connectivity index (χ4n) is 4.25. The molecule has 0 amide bonds. The van der Waals surface area contributed by atoms with E-state index in [1.165, 1.54) is 37.7 Å². The number of fused-ring (bicyclic) bond motifs is 1. The molecule has 0 aliphatic carbocycles. The number of hydrogen-bond donors (Lipinski definition) is 0. The van der Waals surface area contributed by atoms with E-state index >= 15 is 4.39 Å². The number of aromatic nitrogens is 2. The molecule has 1 heterocycles. The Balaban J connectivity index is 1.64. The molecule has 0 aliphatic rings. The quantitative estimate of drug-likeness (QED) is 0.232. The minimum atomic E-state index is -0.241. The maximum absolute atomic E-state index is 15.3. The number of benzene rings is 3. The topological polar surface area (TPSA) is 17.8 Å². The summed E-state index contributed by atoms with van der Waals surface area (Å²) in [6.07, 6.45) is 7.29. The second-order valence-corrected chi connectivity index (χ2v) is 9.07. The van der Waals surface area contributed by atoms with E-state index in [9.17, 15) is 0 Å². The Kier molecular flexibility index (Phi) is 6.86. The van der Waals surface area contributed by atoms with Crippen LogP contribution in [0.15, 0.2) is 65.1 Å². The van der Waals surface area contributed by atoms with Gasteiger partial charge < -0.3 is 0 Å². The van der Waals surface area contributed by atoms with Crippen LogP contribution in [0.3, 0.4) is 0 Å². The molecule has 4 rings (SSSR count). The lowest BCUT2D eigenvalue weighted by molar-refractivity contribution is 0.630. The zero-order valence-corrected chi connectivity index (χ0v) is 19.8. The molecule has 4 heteroatoms. The Bertz CT molecular complexity index is 1200. The summed E-state index contributed by atoms with van der Waals surface area (Å²) >= 11 is 3.52. The molecular formula is C27H28BrFN2. The molecule has 2 nitrogen and oxygen atoms in total. The van der Waals surface area contributed by atoms with Crippen molar-refractivity contribution in [3.8, 4) is 22.4 Å². The maximum Gasteiger partial charge on any atom is 0.133 e. The van der Waals surface area contributed by atoms with Crippen molar-refractivity contribution in [3.05, 3.63) is 76.5 Å². The fourth-order valence-corrected chi connectivity index (χ4v) is 4.61. The molecule has 0 bridgehead atoms. The lowest BCUT2D eigenvalue weighted by Gasteiger charge is -2.11. The standard InChI is InChI=1S/C27H28BrFN2/c1-3-4-5-6-7-10-19-11-8-9-12-22(19)20-13-15-23(25(29)17-20)27-24-18-21(28)14-16-26(24)31(2)30-27/h8-9,11-18H,3-7,10H2,1-2H3. The molecule has 3 aromatic carbocycles. The highest BCUT2D eigenvalue weighted by atomic mass is 79.9. The van der Waals surface area contributed by atoms with Gasteiger partial charge in [-0.25, -0.2) is 4.39 Å². The predicted octanol–water partition coefficient (Wildman–Crippen LogP) is 8.32. The number of nitrogens with zero attached hydrogens (tertiary/aromatic N) is 2. The summed E-state index contributed by atoms with van der Waals surface area (Å²) in [4.78, 5) is 0. The molecule has 0 fully saturated rings.